The SMILES string of the molecule is CC(=NNC(=O)c1cccc(Cl)c1)c1cc(Br)ccc1O. The lowest BCUT2D eigenvalue weighted by Gasteiger charge is -2.06. The van der Waals surface area contributed by atoms with Crippen molar-refractivity contribution in [1.82, 2.24) is 5.43 Å². The van der Waals surface area contributed by atoms with Gasteiger partial charge in [-0.1, -0.05) is 33.6 Å². The number of nitrogens with one attached hydrogen (secondary N) is 1. The van der Waals surface area contributed by atoms with Gasteiger partial charge in [0.05, 0.1) is 5.71 Å². The van der Waals surface area contributed by atoms with Crippen LogP contribution in [0, 0.1) is 0 Å². The number of rotatable bonds is 3. The second-order valence-electron chi connectivity index (χ2n) is 4.31. The van der Waals surface area contributed by atoms with Gasteiger partial charge in [0.15, 0.2) is 0 Å². The maximum Gasteiger partial charge on any atom is 0.271 e. The summed E-state index contributed by atoms with van der Waals surface area (Å²) in [5, 5.41) is 14.3. The molecule has 0 heterocycles. The minimum Gasteiger partial charge on any atom is -0.507 e. The van der Waals surface area contributed by atoms with E-state index >= 15 is 0 Å². The van der Waals surface area contributed by atoms with Crippen LogP contribution in [-0.2, 0) is 0 Å². The van der Waals surface area contributed by atoms with Crippen LogP contribution in [0.4, 0.5) is 0 Å². The molecule has 0 saturated carbocycles. The van der Waals surface area contributed by atoms with Crippen LogP contribution in [0.5, 0.6) is 5.75 Å². The zero-order chi connectivity index (χ0) is 15.4. The molecule has 108 valence electrons. The van der Waals surface area contributed by atoms with Crippen molar-refractivity contribution in [2.24, 2.45) is 5.10 Å². The Morgan fingerprint density at radius 1 is 1.29 bits per heavy atom. The molecule has 0 spiro atoms. The Morgan fingerprint density at radius 2 is 2.05 bits per heavy atom. The zero-order valence-corrected chi connectivity index (χ0v) is 13.4. The van der Waals surface area contributed by atoms with Crippen molar-refractivity contribution in [1.29, 1.82) is 0 Å². The van der Waals surface area contributed by atoms with Crippen molar-refractivity contribution < 1.29 is 9.90 Å². The Labute approximate surface area is 135 Å². The molecule has 0 aromatic heterocycles. The first-order valence-electron chi connectivity index (χ1n) is 6.06. The molecule has 2 aromatic carbocycles. The van der Waals surface area contributed by atoms with Crippen molar-refractivity contribution >= 4 is 39.1 Å². The Morgan fingerprint density at radius 3 is 2.76 bits per heavy atom. The lowest BCUT2D eigenvalue weighted by molar-refractivity contribution is 0.0955. The maximum atomic E-state index is 11.9. The molecular weight excluding hydrogens is 356 g/mol. The number of hydrogen-bond acceptors (Lipinski definition) is 3. The van der Waals surface area contributed by atoms with Crippen LogP contribution in [0.3, 0.4) is 0 Å². The van der Waals surface area contributed by atoms with Crippen LogP contribution in [-0.4, -0.2) is 16.7 Å². The van der Waals surface area contributed by atoms with E-state index in [4.69, 9.17) is 11.6 Å². The predicted molar refractivity (Wildman–Crippen MR) is 86.9 cm³/mol. The van der Waals surface area contributed by atoms with Crippen LogP contribution >= 0.6 is 27.5 Å². The van der Waals surface area contributed by atoms with Crippen molar-refractivity contribution in [3.63, 3.8) is 0 Å². The first kappa shape index (κ1) is 15.5. The van der Waals surface area contributed by atoms with E-state index < -0.39 is 0 Å². The molecule has 0 bridgehead atoms. The first-order chi connectivity index (χ1) is 9.97. The molecule has 0 aliphatic heterocycles. The fourth-order valence-electron chi connectivity index (χ4n) is 1.69. The van der Waals surface area contributed by atoms with Gasteiger partial charge in [-0.05, 0) is 43.3 Å². The third kappa shape index (κ3) is 4.06. The number of phenols is 1. The Balaban J connectivity index is 2.17. The van der Waals surface area contributed by atoms with Crippen molar-refractivity contribution in [2.75, 3.05) is 0 Å². The van der Waals surface area contributed by atoms with E-state index in [-0.39, 0.29) is 11.7 Å². The lowest BCUT2D eigenvalue weighted by Crippen LogP contribution is -2.19. The Kier molecular flexibility index (Phi) is 4.98. The number of nitrogens with zero attached hydrogens (tertiary/aromatic N) is 1. The van der Waals surface area contributed by atoms with Crippen molar-refractivity contribution in [3.05, 3.63) is 63.1 Å². The van der Waals surface area contributed by atoms with Crippen molar-refractivity contribution in [2.45, 2.75) is 6.92 Å². The molecule has 0 aliphatic carbocycles. The number of halogens is 2. The average molecular weight is 368 g/mol. The quantitative estimate of drug-likeness (QED) is 0.637. The second-order valence-corrected chi connectivity index (χ2v) is 5.66. The van der Waals surface area contributed by atoms with Gasteiger partial charge in [-0.15, -0.1) is 0 Å². The van der Waals surface area contributed by atoms with Gasteiger partial charge in [0.25, 0.3) is 5.91 Å². The van der Waals surface area contributed by atoms with E-state index in [1.807, 2.05) is 0 Å². The van der Waals surface area contributed by atoms with Gasteiger partial charge in [0, 0.05) is 20.6 Å². The summed E-state index contributed by atoms with van der Waals surface area (Å²) in [5.41, 5.74) is 3.88. The molecule has 21 heavy (non-hydrogen) atoms. The minimum absolute atomic E-state index is 0.0939. The van der Waals surface area contributed by atoms with Crippen LogP contribution in [0.15, 0.2) is 52.0 Å². The molecular formula is C15H12BrClN2O2. The van der Waals surface area contributed by atoms with E-state index in [0.717, 1.165) is 4.47 Å². The van der Waals surface area contributed by atoms with E-state index in [0.29, 0.717) is 21.9 Å². The number of aromatic hydroxyl groups is 1. The molecule has 1 amide bonds. The normalized spacial score (nSPS) is 11.3. The molecule has 4 nitrogen and oxygen atoms in total. The molecule has 0 saturated heterocycles. The highest BCUT2D eigenvalue weighted by molar-refractivity contribution is 9.10. The monoisotopic (exact) mass is 366 g/mol. The summed E-state index contributed by atoms with van der Waals surface area (Å²) in [5.74, 6) is -0.275. The molecule has 2 N–H and O–H groups in total. The fourth-order valence-corrected chi connectivity index (χ4v) is 2.24. The van der Waals surface area contributed by atoms with E-state index in [2.05, 4.69) is 26.5 Å². The summed E-state index contributed by atoms with van der Waals surface area (Å²) in [6.45, 7) is 1.69. The number of amides is 1. The second kappa shape index (κ2) is 6.74. The van der Waals surface area contributed by atoms with Gasteiger partial charge in [-0.2, -0.15) is 5.10 Å². The molecule has 0 aliphatic rings. The molecule has 0 radical (unpaired) electrons. The standard InChI is InChI=1S/C15H12BrClN2O2/c1-9(13-8-11(16)5-6-14(13)20)18-19-15(21)10-3-2-4-12(17)7-10/h2-8,20H,1H3,(H,19,21). The van der Waals surface area contributed by atoms with Crippen LogP contribution in [0.1, 0.15) is 22.8 Å². The molecule has 2 aromatic rings. The zero-order valence-electron chi connectivity index (χ0n) is 11.1. The first-order valence-corrected chi connectivity index (χ1v) is 7.23. The fraction of sp³-hybridized carbons (Fsp3) is 0.0667. The van der Waals surface area contributed by atoms with Gasteiger partial charge in [-0.25, -0.2) is 5.43 Å². The molecule has 6 heteroatoms. The number of hydrazone groups is 1. The number of hydrogen-bond donors (Lipinski definition) is 2. The highest BCUT2D eigenvalue weighted by Gasteiger charge is 2.08. The molecule has 2 rings (SSSR count). The maximum absolute atomic E-state index is 11.9. The lowest BCUT2D eigenvalue weighted by atomic mass is 10.1. The van der Waals surface area contributed by atoms with Crippen LogP contribution in [0.2, 0.25) is 5.02 Å². The number of phenolic OH excluding ortho intramolecular Hbond substituents is 1. The minimum atomic E-state index is -0.369. The van der Waals surface area contributed by atoms with E-state index in [1.165, 1.54) is 0 Å². The van der Waals surface area contributed by atoms with Gasteiger partial charge in [-0.3, -0.25) is 4.79 Å². The summed E-state index contributed by atoms with van der Waals surface area (Å²) >= 11 is 9.15. The van der Waals surface area contributed by atoms with E-state index in [1.54, 1.807) is 49.4 Å². The van der Waals surface area contributed by atoms with Crippen LogP contribution in [0.25, 0.3) is 0 Å². The molecule has 0 fully saturated rings. The summed E-state index contributed by atoms with van der Waals surface area (Å²) in [7, 11) is 0. The summed E-state index contributed by atoms with van der Waals surface area (Å²) < 4.78 is 0.811. The summed E-state index contributed by atoms with van der Waals surface area (Å²) in [6, 6.07) is 11.6. The average Bonchev–Trinajstić information content (AvgIpc) is 2.47. The topological polar surface area (TPSA) is 61.7 Å². The summed E-state index contributed by atoms with van der Waals surface area (Å²) in [4.78, 5) is 11.9. The predicted octanol–water partition coefficient (Wildman–Crippen LogP) is 3.96. The largest absolute Gasteiger partial charge is 0.507 e. The Hall–Kier alpha value is -1.85. The summed E-state index contributed by atoms with van der Waals surface area (Å²) in [6.07, 6.45) is 0. The van der Waals surface area contributed by atoms with Gasteiger partial charge in [0.1, 0.15) is 5.75 Å². The third-order valence-electron chi connectivity index (χ3n) is 2.76. The van der Waals surface area contributed by atoms with Gasteiger partial charge >= 0.3 is 0 Å². The molecule has 0 atom stereocenters. The van der Waals surface area contributed by atoms with Crippen molar-refractivity contribution in [3.8, 4) is 5.75 Å². The van der Waals surface area contributed by atoms with Gasteiger partial charge < -0.3 is 5.11 Å². The number of carbonyl (C=O) groups excluding carboxylic acids is 1. The smallest absolute Gasteiger partial charge is 0.271 e. The molecule has 0 unspecified atom stereocenters. The highest BCUT2D eigenvalue weighted by Crippen LogP contribution is 2.22. The highest BCUT2D eigenvalue weighted by atomic mass is 79.9. The Bertz CT molecular complexity index is 717. The third-order valence-corrected chi connectivity index (χ3v) is 3.49. The number of benzene rings is 2. The number of carbonyl (C=O) groups is 1. The van der Waals surface area contributed by atoms with Crippen LogP contribution < -0.4 is 5.43 Å². The van der Waals surface area contributed by atoms with E-state index in [9.17, 15) is 9.90 Å². The van der Waals surface area contributed by atoms with Gasteiger partial charge in [0.2, 0.25) is 0 Å².